The molecule has 0 bridgehead atoms. The minimum Gasteiger partial charge on any atom is -0.461 e. The summed E-state index contributed by atoms with van der Waals surface area (Å²) in [6, 6.07) is 3.03. The third kappa shape index (κ3) is 5.83. The van der Waals surface area contributed by atoms with E-state index in [0.29, 0.717) is 16.1 Å². The molecule has 21 heavy (non-hydrogen) atoms. The van der Waals surface area contributed by atoms with E-state index in [4.69, 9.17) is 25.8 Å². The number of ether oxygens (including phenoxy) is 3. The number of esters is 3. The van der Waals surface area contributed by atoms with Gasteiger partial charge in [0.2, 0.25) is 0 Å². The molecule has 0 saturated carbocycles. The van der Waals surface area contributed by atoms with Gasteiger partial charge < -0.3 is 14.2 Å². The Kier molecular flexibility index (Phi) is 6.17. The molecule has 0 aromatic heterocycles. The summed E-state index contributed by atoms with van der Waals surface area (Å²) in [4.78, 5) is 33.0. The van der Waals surface area contributed by atoms with Crippen molar-refractivity contribution in [2.24, 2.45) is 0 Å². The number of carbonyl (C=O) groups excluding carboxylic acids is 3. The van der Waals surface area contributed by atoms with E-state index in [1.54, 1.807) is 0 Å². The Bertz CT molecular complexity index is 528. The molecule has 0 atom stereocenters. The largest absolute Gasteiger partial charge is 0.461 e. The standard InChI is InChI=1S/C14H15ClO6/c1-8(16)19-6-11-4-13(15)5-12(7-20-9(2)17)14(11)21-10(3)18/h4-5H,6-7H2,1-3H3. The molecule has 0 fully saturated rings. The highest BCUT2D eigenvalue weighted by atomic mass is 35.5. The minimum atomic E-state index is -0.550. The molecule has 0 saturated heterocycles. The van der Waals surface area contributed by atoms with Gasteiger partial charge in [-0.15, -0.1) is 0 Å². The van der Waals surface area contributed by atoms with Crippen LogP contribution in [0.4, 0.5) is 0 Å². The van der Waals surface area contributed by atoms with Gasteiger partial charge in [0.1, 0.15) is 19.0 Å². The molecule has 0 unspecified atom stereocenters. The fourth-order valence-electron chi connectivity index (χ4n) is 1.56. The van der Waals surface area contributed by atoms with Crippen LogP contribution in [0, 0.1) is 0 Å². The van der Waals surface area contributed by atoms with E-state index in [1.807, 2.05) is 0 Å². The zero-order valence-electron chi connectivity index (χ0n) is 11.9. The summed E-state index contributed by atoms with van der Waals surface area (Å²) in [6.45, 7) is 3.54. The molecule has 0 amide bonds. The molecule has 6 nitrogen and oxygen atoms in total. The Morgan fingerprint density at radius 3 is 1.67 bits per heavy atom. The molecule has 0 radical (unpaired) electrons. The molecular weight excluding hydrogens is 300 g/mol. The first kappa shape index (κ1) is 17.0. The van der Waals surface area contributed by atoms with Crippen LogP contribution in [0.3, 0.4) is 0 Å². The van der Waals surface area contributed by atoms with Gasteiger partial charge in [-0.2, -0.15) is 0 Å². The first-order valence-electron chi connectivity index (χ1n) is 6.06. The van der Waals surface area contributed by atoms with Crippen molar-refractivity contribution in [2.75, 3.05) is 0 Å². The van der Waals surface area contributed by atoms with Crippen molar-refractivity contribution in [3.63, 3.8) is 0 Å². The first-order valence-corrected chi connectivity index (χ1v) is 6.43. The van der Waals surface area contributed by atoms with Gasteiger partial charge in [-0.05, 0) is 12.1 Å². The summed E-state index contributed by atoms with van der Waals surface area (Å²) in [7, 11) is 0. The Morgan fingerprint density at radius 2 is 1.33 bits per heavy atom. The van der Waals surface area contributed by atoms with Gasteiger partial charge in [0.15, 0.2) is 0 Å². The number of benzene rings is 1. The van der Waals surface area contributed by atoms with Gasteiger partial charge in [-0.3, -0.25) is 14.4 Å². The van der Waals surface area contributed by atoms with Crippen molar-refractivity contribution < 1.29 is 28.6 Å². The summed E-state index contributed by atoms with van der Waals surface area (Å²) < 4.78 is 14.9. The lowest BCUT2D eigenvalue weighted by atomic mass is 10.1. The van der Waals surface area contributed by atoms with E-state index in [0.717, 1.165) is 0 Å². The van der Waals surface area contributed by atoms with E-state index in [-0.39, 0.29) is 19.0 Å². The predicted molar refractivity (Wildman–Crippen MR) is 73.7 cm³/mol. The molecule has 1 aromatic rings. The minimum absolute atomic E-state index is 0.106. The summed E-state index contributed by atoms with van der Waals surface area (Å²) in [5.74, 6) is -1.34. The number of halogens is 1. The number of hydrogen-bond acceptors (Lipinski definition) is 6. The summed E-state index contributed by atoms with van der Waals surface area (Å²) in [5, 5.41) is 0.343. The first-order chi connectivity index (χ1) is 9.79. The summed E-state index contributed by atoms with van der Waals surface area (Å²) in [5.41, 5.74) is 0.824. The molecule has 0 heterocycles. The van der Waals surface area contributed by atoms with Crippen molar-refractivity contribution in [2.45, 2.75) is 34.0 Å². The zero-order valence-corrected chi connectivity index (χ0v) is 12.7. The molecule has 0 aliphatic carbocycles. The van der Waals surface area contributed by atoms with Crippen LogP contribution in [-0.2, 0) is 37.1 Å². The normalized spacial score (nSPS) is 9.90. The highest BCUT2D eigenvalue weighted by Crippen LogP contribution is 2.30. The Labute approximate surface area is 126 Å². The van der Waals surface area contributed by atoms with Crippen LogP contribution in [0.25, 0.3) is 0 Å². The molecule has 0 spiro atoms. The molecule has 1 aromatic carbocycles. The molecule has 114 valence electrons. The highest BCUT2D eigenvalue weighted by molar-refractivity contribution is 6.30. The lowest BCUT2D eigenvalue weighted by Crippen LogP contribution is -2.10. The Morgan fingerprint density at radius 1 is 0.905 bits per heavy atom. The predicted octanol–water partition coefficient (Wildman–Crippen LogP) is 2.39. The van der Waals surface area contributed by atoms with E-state index in [2.05, 4.69) is 0 Å². The van der Waals surface area contributed by atoms with Gasteiger partial charge in [-0.25, -0.2) is 0 Å². The average molecular weight is 315 g/mol. The third-order valence-electron chi connectivity index (χ3n) is 2.32. The molecule has 0 N–H and O–H groups in total. The van der Waals surface area contributed by atoms with E-state index in [1.165, 1.54) is 32.9 Å². The second-order valence-corrected chi connectivity index (χ2v) is 4.64. The number of carbonyl (C=O) groups is 3. The topological polar surface area (TPSA) is 78.9 Å². The van der Waals surface area contributed by atoms with Crippen molar-refractivity contribution in [1.82, 2.24) is 0 Å². The Hall–Kier alpha value is -2.08. The van der Waals surface area contributed by atoms with Gasteiger partial charge in [0, 0.05) is 36.9 Å². The van der Waals surface area contributed by atoms with Crippen LogP contribution in [0.1, 0.15) is 31.9 Å². The summed E-state index contributed by atoms with van der Waals surface area (Å²) in [6.07, 6.45) is 0. The lowest BCUT2D eigenvalue weighted by Gasteiger charge is -2.14. The van der Waals surface area contributed by atoms with Crippen LogP contribution in [-0.4, -0.2) is 17.9 Å². The SMILES string of the molecule is CC(=O)OCc1cc(Cl)cc(COC(C)=O)c1OC(C)=O. The van der Waals surface area contributed by atoms with Crippen LogP contribution in [0.5, 0.6) is 5.75 Å². The van der Waals surface area contributed by atoms with Crippen molar-refractivity contribution >= 4 is 29.5 Å². The fourth-order valence-corrected chi connectivity index (χ4v) is 1.82. The van der Waals surface area contributed by atoms with Crippen molar-refractivity contribution in [3.8, 4) is 5.75 Å². The van der Waals surface area contributed by atoms with Crippen LogP contribution < -0.4 is 4.74 Å². The molecule has 0 aliphatic heterocycles. The molecule has 1 rings (SSSR count). The molecular formula is C14H15ClO6. The molecule has 0 aliphatic rings. The summed E-state index contributed by atoms with van der Waals surface area (Å²) >= 11 is 5.97. The fraction of sp³-hybridized carbons (Fsp3) is 0.357. The maximum Gasteiger partial charge on any atom is 0.308 e. The lowest BCUT2D eigenvalue weighted by molar-refractivity contribution is -0.142. The maximum absolute atomic E-state index is 11.2. The van der Waals surface area contributed by atoms with E-state index in [9.17, 15) is 14.4 Å². The van der Waals surface area contributed by atoms with Gasteiger partial charge >= 0.3 is 17.9 Å². The average Bonchev–Trinajstić information content (AvgIpc) is 2.35. The second kappa shape index (κ2) is 7.64. The number of rotatable bonds is 5. The Balaban J connectivity index is 3.15. The van der Waals surface area contributed by atoms with Crippen LogP contribution >= 0.6 is 11.6 Å². The van der Waals surface area contributed by atoms with E-state index < -0.39 is 17.9 Å². The van der Waals surface area contributed by atoms with Crippen LogP contribution in [0.2, 0.25) is 5.02 Å². The van der Waals surface area contributed by atoms with Gasteiger partial charge in [-0.1, -0.05) is 11.6 Å². The van der Waals surface area contributed by atoms with Gasteiger partial charge in [0.05, 0.1) is 0 Å². The smallest absolute Gasteiger partial charge is 0.308 e. The monoisotopic (exact) mass is 314 g/mol. The van der Waals surface area contributed by atoms with Gasteiger partial charge in [0.25, 0.3) is 0 Å². The van der Waals surface area contributed by atoms with Crippen LogP contribution in [0.15, 0.2) is 12.1 Å². The van der Waals surface area contributed by atoms with Crippen molar-refractivity contribution in [1.29, 1.82) is 0 Å². The van der Waals surface area contributed by atoms with E-state index >= 15 is 0 Å². The zero-order chi connectivity index (χ0) is 16.0. The molecule has 7 heteroatoms. The van der Waals surface area contributed by atoms with Crippen molar-refractivity contribution in [3.05, 3.63) is 28.3 Å². The number of hydrogen-bond donors (Lipinski definition) is 0. The quantitative estimate of drug-likeness (QED) is 0.613. The highest BCUT2D eigenvalue weighted by Gasteiger charge is 2.16. The maximum atomic E-state index is 11.2. The second-order valence-electron chi connectivity index (χ2n) is 4.21. The third-order valence-corrected chi connectivity index (χ3v) is 2.53.